The molecule has 2 heteroatoms. The minimum atomic E-state index is 0.904. The summed E-state index contributed by atoms with van der Waals surface area (Å²) in [5.74, 6) is 0.904. The van der Waals surface area contributed by atoms with Gasteiger partial charge in [0.05, 0.1) is 6.20 Å². The van der Waals surface area contributed by atoms with E-state index < -0.39 is 0 Å². The number of rotatable bonds is 1. The van der Waals surface area contributed by atoms with Gasteiger partial charge in [-0.05, 0) is 30.7 Å². The van der Waals surface area contributed by atoms with E-state index in [1.54, 1.807) is 0 Å². The van der Waals surface area contributed by atoms with Crippen LogP contribution in [-0.4, -0.2) is 9.78 Å². The third-order valence-corrected chi connectivity index (χ3v) is 3.02. The molecule has 66 valence electrons. The number of nitrogens with zero attached hydrogens (tertiary/aromatic N) is 2. The standard InChI is InChI=1S/C10H16N2/c1-3-8-4-5-10-9(6-8)7-11-12(10)2/h7-8H,3-6H2,1-2H3/t8-/m0/s1. The van der Waals surface area contributed by atoms with Crippen LogP contribution in [0.15, 0.2) is 6.20 Å². The van der Waals surface area contributed by atoms with Crippen LogP contribution in [0.25, 0.3) is 0 Å². The molecule has 0 radical (unpaired) electrons. The van der Waals surface area contributed by atoms with Gasteiger partial charge in [-0.1, -0.05) is 13.3 Å². The Bertz CT molecular complexity index is 275. The van der Waals surface area contributed by atoms with Crippen LogP contribution in [-0.2, 0) is 19.9 Å². The van der Waals surface area contributed by atoms with E-state index in [1.807, 2.05) is 17.9 Å². The molecule has 12 heavy (non-hydrogen) atoms. The number of hydrogen-bond acceptors (Lipinski definition) is 1. The second kappa shape index (κ2) is 2.92. The van der Waals surface area contributed by atoms with Crippen molar-refractivity contribution in [2.75, 3.05) is 0 Å². The molecule has 2 nitrogen and oxygen atoms in total. The molecule has 1 aliphatic carbocycles. The highest BCUT2D eigenvalue weighted by Crippen LogP contribution is 2.26. The van der Waals surface area contributed by atoms with Gasteiger partial charge < -0.3 is 0 Å². The summed E-state index contributed by atoms with van der Waals surface area (Å²) in [6, 6.07) is 0. The summed E-state index contributed by atoms with van der Waals surface area (Å²) in [6.45, 7) is 2.28. The van der Waals surface area contributed by atoms with Crippen molar-refractivity contribution in [1.29, 1.82) is 0 Å². The van der Waals surface area contributed by atoms with Crippen LogP contribution in [0, 0.1) is 5.92 Å². The predicted octanol–water partition coefficient (Wildman–Crippen LogP) is 1.94. The van der Waals surface area contributed by atoms with Crippen LogP contribution in [0.4, 0.5) is 0 Å². The van der Waals surface area contributed by atoms with Gasteiger partial charge in [0.1, 0.15) is 0 Å². The highest BCUT2D eigenvalue weighted by Gasteiger charge is 2.19. The molecule has 0 saturated carbocycles. The lowest BCUT2D eigenvalue weighted by molar-refractivity contribution is 0.436. The topological polar surface area (TPSA) is 17.8 Å². The van der Waals surface area contributed by atoms with Crippen molar-refractivity contribution < 1.29 is 0 Å². The van der Waals surface area contributed by atoms with Gasteiger partial charge in [0.25, 0.3) is 0 Å². The van der Waals surface area contributed by atoms with Crippen LogP contribution in [0.3, 0.4) is 0 Å². The van der Waals surface area contributed by atoms with E-state index in [1.165, 1.54) is 36.9 Å². The minimum Gasteiger partial charge on any atom is -0.272 e. The van der Waals surface area contributed by atoms with E-state index in [0.717, 1.165) is 5.92 Å². The van der Waals surface area contributed by atoms with Gasteiger partial charge in [-0.3, -0.25) is 4.68 Å². The first-order chi connectivity index (χ1) is 5.81. The Morgan fingerprint density at radius 3 is 3.25 bits per heavy atom. The first kappa shape index (κ1) is 7.84. The summed E-state index contributed by atoms with van der Waals surface area (Å²) >= 11 is 0. The summed E-state index contributed by atoms with van der Waals surface area (Å²) < 4.78 is 2.03. The van der Waals surface area contributed by atoms with Crippen LogP contribution < -0.4 is 0 Å². The van der Waals surface area contributed by atoms with E-state index >= 15 is 0 Å². The van der Waals surface area contributed by atoms with Crippen molar-refractivity contribution in [2.45, 2.75) is 32.6 Å². The lowest BCUT2D eigenvalue weighted by Gasteiger charge is -2.20. The van der Waals surface area contributed by atoms with E-state index in [4.69, 9.17) is 0 Å². The molecule has 1 atom stereocenters. The molecule has 0 fully saturated rings. The summed E-state index contributed by atoms with van der Waals surface area (Å²) in [4.78, 5) is 0. The van der Waals surface area contributed by atoms with Gasteiger partial charge in [-0.2, -0.15) is 5.10 Å². The Hall–Kier alpha value is -0.790. The average Bonchev–Trinajstić information content (AvgIpc) is 2.47. The van der Waals surface area contributed by atoms with Crippen molar-refractivity contribution in [2.24, 2.45) is 13.0 Å². The van der Waals surface area contributed by atoms with Crippen LogP contribution in [0.1, 0.15) is 31.0 Å². The molecule has 0 amide bonds. The van der Waals surface area contributed by atoms with Crippen molar-refractivity contribution in [1.82, 2.24) is 9.78 Å². The fraction of sp³-hybridized carbons (Fsp3) is 0.700. The van der Waals surface area contributed by atoms with Crippen molar-refractivity contribution >= 4 is 0 Å². The van der Waals surface area contributed by atoms with Crippen LogP contribution >= 0.6 is 0 Å². The molecular weight excluding hydrogens is 148 g/mol. The smallest absolute Gasteiger partial charge is 0.0524 e. The maximum absolute atomic E-state index is 4.28. The molecule has 0 aliphatic heterocycles. The third kappa shape index (κ3) is 1.15. The molecule has 0 aromatic carbocycles. The zero-order valence-electron chi connectivity index (χ0n) is 7.88. The molecule has 0 spiro atoms. The number of aryl methyl sites for hydroxylation is 1. The maximum Gasteiger partial charge on any atom is 0.0524 e. The molecule has 0 N–H and O–H groups in total. The highest BCUT2D eigenvalue weighted by molar-refractivity contribution is 5.21. The Labute approximate surface area is 73.6 Å². The second-order valence-electron chi connectivity index (χ2n) is 3.76. The first-order valence-corrected chi connectivity index (χ1v) is 4.81. The number of hydrogen-bond donors (Lipinski definition) is 0. The van der Waals surface area contributed by atoms with Crippen molar-refractivity contribution in [3.05, 3.63) is 17.5 Å². The van der Waals surface area contributed by atoms with Gasteiger partial charge in [0.15, 0.2) is 0 Å². The van der Waals surface area contributed by atoms with E-state index in [9.17, 15) is 0 Å². The summed E-state index contributed by atoms with van der Waals surface area (Å²) in [7, 11) is 2.05. The van der Waals surface area contributed by atoms with Crippen LogP contribution in [0.5, 0.6) is 0 Å². The Balaban J connectivity index is 2.24. The fourth-order valence-corrected chi connectivity index (χ4v) is 2.10. The molecule has 0 bridgehead atoms. The lowest BCUT2D eigenvalue weighted by atomic mass is 9.86. The molecule has 1 aromatic rings. The van der Waals surface area contributed by atoms with Gasteiger partial charge in [0, 0.05) is 12.7 Å². The zero-order chi connectivity index (χ0) is 8.55. The van der Waals surface area contributed by atoms with Crippen LogP contribution in [0.2, 0.25) is 0 Å². The van der Waals surface area contributed by atoms with Gasteiger partial charge in [-0.25, -0.2) is 0 Å². The van der Waals surface area contributed by atoms with Gasteiger partial charge >= 0.3 is 0 Å². The van der Waals surface area contributed by atoms with E-state index in [0.29, 0.717) is 0 Å². The Morgan fingerprint density at radius 1 is 1.67 bits per heavy atom. The molecular formula is C10H16N2. The zero-order valence-corrected chi connectivity index (χ0v) is 7.88. The fourth-order valence-electron chi connectivity index (χ4n) is 2.10. The molecule has 1 aromatic heterocycles. The van der Waals surface area contributed by atoms with Gasteiger partial charge in [0.2, 0.25) is 0 Å². The summed E-state index contributed by atoms with van der Waals surface area (Å²) in [5.41, 5.74) is 2.94. The van der Waals surface area contributed by atoms with E-state index in [-0.39, 0.29) is 0 Å². The summed E-state index contributed by atoms with van der Waals surface area (Å²) in [5, 5.41) is 4.28. The molecule has 1 heterocycles. The second-order valence-corrected chi connectivity index (χ2v) is 3.76. The Kier molecular flexibility index (Phi) is 1.91. The largest absolute Gasteiger partial charge is 0.272 e. The Morgan fingerprint density at radius 2 is 2.50 bits per heavy atom. The average molecular weight is 164 g/mol. The number of fused-ring (bicyclic) bond motifs is 1. The molecule has 0 saturated heterocycles. The highest BCUT2D eigenvalue weighted by atomic mass is 15.3. The van der Waals surface area contributed by atoms with Gasteiger partial charge in [-0.15, -0.1) is 0 Å². The molecule has 2 rings (SSSR count). The van der Waals surface area contributed by atoms with Crippen molar-refractivity contribution in [3.63, 3.8) is 0 Å². The quantitative estimate of drug-likeness (QED) is 0.620. The van der Waals surface area contributed by atoms with E-state index in [2.05, 4.69) is 12.0 Å². The first-order valence-electron chi connectivity index (χ1n) is 4.81. The van der Waals surface area contributed by atoms with Crippen molar-refractivity contribution in [3.8, 4) is 0 Å². The molecule has 1 aliphatic rings. The molecule has 0 unspecified atom stereocenters. The number of aromatic nitrogens is 2. The third-order valence-electron chi connectivity index (χ3n) is 3.02. The summed E-state index contributed by atoms with van der Waals surface area (Å²) in [6.07, 6.45) is 7.18. The lowest BCUT2D eigenvalue weighted by Crippen LogP contribution is -2.14. The predicted molar refractivity (Wildman–Crippen MR) is 49.0 cm³/mol. The minimum absolute atomic E-state index is 0.904. The normalized spacial score (nSPS) is 22.3. The SMILES string of the molecule is CC[C@H]1CCc2c(cnn2C)C1. The monoisotopic (exact) mass is 164 g/mol. The maximum atomic E-state index is 4.28.